The Kier molecular flexibility index (Phi) is 5.59. The van der Waals surface area contributed by atoms with E-state index >= 15 is 0 Å². The van der Waals surface area contributed by atoms with E-state index in [0.29, 0.717) is 23.1 Å². The molecule has 0 aliphatic rings. The van der Waals surface area contributed by atoms with Crippen molar-refractivity contribution in [1.29, 1.82) is 5.26 Å². The van der Waals surface area contributed by atoms with Gasteiger partial charge in [-0.1, -0.05) is 15.9 Å². The molecule has 6 nitrogen and oxygen atoms in total. The van der Waals surface area contributed by atoms with Crippen molar-refractivity contribution in [1.82, 2.24) is 14.5 Å². The number of aromatic nitrogens is 3. The molecule has 1 aromatic carbocycles. The van der Waals surface area contributed by atoms with Crippen LogP contribution in [0.15, 0.2) is 33.5 Å². The van der Waals surface area contributed by atoms with E-state index in [0.717, 1.165) is 28.0 Å². The maximum atomic E-state index is 12.4. The van der Waals surface area contributed by atoms with Crippen LogP contribution in [0.25, 0.3) is 22.6 Å². The quantitative estimate of drug-likeness (QED) is 0.628. The zero-order valence-electron chi connectivity index (χ0n) is 15.3. The molecule has 0 atom stereocenters. The molecule has 0 bridgehead atoms. The number of hydrogen-bond donors (Lipinski definition) is 1. The Morgan fingerprint density at radius 3 is 2.89 bits per heavy atom. The van der Waals surface area contributed by atoms with E-state index in [-0.39, 0.29) is 11.4 Å². The lowest BCUT2D eigenvalue weighted by molar-refractivity contribution is 0.186. The SMILES string of the molecule is COCCn1c(C)cc(/C=C(/C#N)c2nc3ccc(Br)cc3c(=O)[nH]2)c1C. The van der Waals surface area contributed by atoms with Crippen molar-refractivity contribution < 1.29 is 4.74 Å². The predicted molar refractivity (Wildman–Crippen MR) is 109 cm³/mol. The van der Waals surface area contributed by atoms with Gasteiger partial charge in [0.25, 0.3) is 5.56 Å². The number of rotatable bonds is 5. The average Bonchev–Trinajstić information content (AvgIpc) is 2.91. The van der Waals surface area contributed by atoms with Gasteiger partial charge in [0, 0.05) is 29.5 Å². The smallest absolute Gasteiger partial charge is 0.259 e. The van der Waals surface area contributed by atoms with E-state index in [1.807, 2.05) is 26.0 Å². The van der Waals surface area contributed by atoms with Crippen molar-refractivity contribution in [2.24, 2.45) is 0 Å². The molecule has 0 aliphatic heterocycles. The number of methoxy groups -OCH3 is 1. The maximum Gasteiger partial charge on any atom is 0.259 e. The van der Waals surface area contributed by atoms with Gasteiger partial charge < -0.3 is 14.3 Å². The highest BCUT2D eigenvalue weighted by atomic mass is 79.9. The number of hydrogen-bond acceptors (Lipinski definition) is 4. The van der Waals surface area contributed by atoms with Crippen molar-refractivity contribution in [3.05, 3.63) is 61.9 Å². The number of halogens is 1. The normalized spacial score (nSPS) is 11.7. The highest BCUT2D eigenvalue weighted by molar-refractivity contribution is 9.10. The molecular formula is C20H19BrN4O2. The third-order valence-electron chi connectivity index (χ3n) is 4.47. The second kappa shape index (κ2) is 7.91. The number of nitriles is 1. The number of H-pyrrole nitrogens is 1. The number of nitrogens with one attached hydrogen (secondary N) is 1. The van der Waals surface area contributed by atoms with Gasteiger partial charge in [0.15, 0.2) is 5.82 Å². The van der Waals surface area contributed by atoms with Gasteiger partial charge in [-0.05, 0) is 49.8 Å². The largest absolute Gasteiger partial charge is 0.383 e. The van der Waals surface area contributed by atoms with Gasteiger partial charge in [-0.15, -0.1) is 0 Å². The number of aryl methyl sites for hydroxylation is 1. The van der Waals surface area contributed by atoms with Crippen molar-refractivity contribution in [2.45, 2.75) is 20.4 Å². The van der Waals surface area contributed by atoms with Crippen molar-refractivity contribution >= 4 is 38.5 Å². The van der Waals surface area contributed by atoms with Crippen LogP contribution in [0, 0.1) is 25.2 Å². The van der Waals surface area contributed by atoms with Gasteiger partial charge in [0.05, 0.1) is 23.1 Å². The highest BCUT2D eigenvalue weighted by Crippen LogP contribution is 2.22. The summed E-state index contributed by atoms with van der Waals surface area (Å²) in [5.41, 5.74) is 3.61. The van der Waals surface area contributed by atoms with E-state index in [1.165, 1.54) is 0 Å². The molecule has 3 aromatic rings. The Labute approximate surface area is 165 Å². The van der Waals surface area contributed by atoms with Crippen LogP contribution in [0.4, 0.5) is 0 Å². The second-order valence-corrected chi connectivity index (χ2v) is 7.13. The molecule has 1 N–H and O–H groups in total. The fourth-order valence-corrected chi connectivity index (χ4v) is 3.41. The van der Waals surface area contributed by atoms with Crippen LogP contribution in [-0.4, -0.2) is 28.3 Å². The van der Waals surface area contributed by atoms with E-state index < -0.39 is 0 Å². The molecule has 3 rings (SSSR count). The standard InChI is InChI=1S/C20H19BrN4O2/c1-12-8-14(13(2)25(12)6-7-27-3)9-15(11-22)19-23-18-5-4-16(21)10-17(18)20(26)24-19/h4-5,8-10H,6-7H2,1-3H3,(H,23,24,26)/b15-9-. The summed E-state index contributed by atoms with van der Waals surface area (Å²) in [7, 11) is 1.67. The van der Waals surface area contributed by atoms with Crippen LogP contribution < -0.4 is 5.56 Å². The summed E-state index contributed by atoms with van der Waals surface area (Å²) < 4.78 is 8.10. The summed E-state index contributed by atoms with van der Waals surface area (Å²) in [6.45, 7) is 5.36. The predicted octanol–water partition coefficient (Wildman–Crippen LogP) is 3.81. The molecular weight excluding hydrogens is 408 g/mol. The maximum absolute atomic E-state index is 12.4. The van der Waals surface area contributed by atoms with E-state index in [2.05, 4.69) is 36.5 Å². The zero-order valence-corrected chi connectivity index (χ0v) is 16.9. The lowest BCUT2D eigenvalue weighted by Gasteiger charge is -2.08. The summed E-state index contributed by atoms with van der Waals surface area (Å²) in [4.78, 5) is 19.6. The van der Waals surface area contributed by atoms with Gasteiger partial charge in [-0.25, -0.2) is 4.98 Å². The molecule has 0 saturated heterocycles. The minimum atomic E-state index is -0.275. The number of allylic oxidation sites excluding steroid dienone is 1. The molecule has 0 radical (unpaired) electrons. The number of fused-ring (bicyclic) bond motifs is 1. The second-order valence-electron chi connectivity index (χ2n) is 6.22. The topological polar surface area (TPSA) is 83.7 Å². The Hall–Kier alpha value is -2.69. The van der Waals surface area contributed by atoms with Gasteiger partial charge in [-0.2, -0.15) is 5.26 Å². The first-order valence-electron chi connectivity index (χ1n) is 8.42. The number of ether oxygens (including phenoxy) is 1. The highest BCUT2D eigenvalue weighted by Gasteiger charge is 2.12. The van der Waals surface area contributed by atoms with Crippen LogP contribution in [0.1, 0.15) is 22.8 Å². The summed E-state index contributed by atoms with van der Waals surface area (Å²) in [6.07, 6.45) is 1.76. The van der Waals surface area contributed by atoms with Gasteiger partial charge >= 0.3 is 0 Å². The van der Waals surface area contributed by atoms with Crippen molar-refractivity contribution in [3.63, 3.8) is 0 Å². The fraction of sp³-hybridized carbons (Fsp3) is 0.250. The molecule has 7 heteroatoms. The third kappa shape index (κ3) is 3.87. The molecule has 138 valence electrons. The minimum Gasteiger partial charge on any atom is -0.383 e. The van der Waals surface area contributed by atoms with Crippen molar-refractivity contribution in [2.75, 3.05) is 13.7 Å². The fourth-order valence-electron chi connectivity index (χ4n) is 3.05. The van der Waals surface area contributed by atoms with E-state index in [9.17, 15) is 10.1 Å². The first kappa shape index (κ1) is 19.1. The lowest BCUT2D eigenvalue weighted by atomic mass is 10.1. The molecule has 27 heavy (non-hydrogen) atoms. The molecule has 0 saturated carbocycles. The van der Waals surface area contributed by atoms with Crippen LogP contribution in [-0.2, 0) is 11.3 Å². The number of aromatic amines is 1. The lowest BCUT2D eigenvalue weighted by Crippen LogP contribution is -2.11. The summed E-state index contributed by atoms with van der Waals surface area (Å²) in [5.74, 6) is 0.263. The van der Waals surface area contributed by atoms with Crippen LogP contribution >= 0.6 is 15.9 Å². The Balaban J connectivity index is 2.08. The Morgan fingerprint density at radius 1 is 1.41 bits per heavy atom. The minimum absolute atomic E-state index is 0.263. The monoisotopic (exact) mass is 426 g/mol. The number of nitrogens with zero attached hydrogens (tertiary/aromatic N) is 3. The van der Waals surface area contributed by atoms with E-state index in [4.69, 9.17) is 4.74 Å². The molecule has 2 heterocycles. The van der Waals surface area contributed by atoms with E-state index in [1.54, 1.807) is 25.3 Å². The van der Waals surface area contributed by atoms with Crippen LogP contribution in [0.2, 0.25) is 0 Å². The molecule has 0 unspecified atom stereocenters. The summed E-state index contributed by atoms with van der Waals surface area (Å²) >= 11 is 3.35. The Morgan fingerprint density at radius 2 is 2.19 bits per heavy atom. The molecule has 0 spiro atoms. The zero-order chi connectivity index (χ0) is 19.6. The van der Waals surface area contributed by atoms with Crippen molar-refractivity contribution in [3.8, 4) is 6.07 Å². The van der Waals surface area contributed by atoms with Crippen LogP contribution in [0.5, 0.6) is 0 Å². The first-order chi connectivity index (χ1) is 12.9. The van der Waals surface area contributed by atoms with Gasteiger partial charge in [0.2, 0.25) is 0 Å². The Bertz CT molecular complexity index is 1140. The molecule has 0 amide bonds. The summed E-state index contributed by atoms with van der Waals surface area (Å²) in [5, 5.41) is 10.1. The first-order valence-corrected chi connectivity index (χ1v) is 9.21. The van der Waals surface area contributed by atoms with Crippen LogP contribution in [0.3, 0.4) is 0 Å². The van der Waals surface area contributed by atoms with Gasteiger partial charge in [0.1, 0.15) is 6.07 Å². The third-order valence-corrected chi connectivity index (χ3v) is 4.97. The molecule has 0 fully saturated rings. The number of benzene rings is 1. The molecule has 0 aliphatic carbocycles. The molecule has 2 aromatic heterocycles. The summed E-state index contributed by atoms with van der Waals surface area (Å²) in [6, 6.07) is 9.45. The van der Waals surface area contributed by atoms with Gasteiger partial charge in [-0.3, -0.25) is 4.79 Å². The average molecular weight is 427 g/mol.